The molecule has 0 heterocycles. The van der Waals surface area contributed by atoms with Crippen LogP contribution in [0.4, 0.5) is 10.1 Å². The predicted molar refractivity (Wildman–Crippen MR) is 127 cm³/mol. The lowest BCUT2D eigenvalue weighted by Gasteiger charge is -2.23. The van der Waals surface area contributed by atoms with E-state index >= 15 is 0 Å². The van der Waals surface area contributed by atoms with Gasteiger partial charge in [-0.25, -0.2) is 9.29 Å². The van der Waals surface area contributed by atoms with Crippen molar-refractivity contribution in [2.24, 2.45) is 0 Å². The van der Waals surface area contributed by atoms with E-state index < -0.39 is 17.6 Å². The van der Waals surface area contributed by atoms with E-state index in [-0.39, 0.29) is 28.7 Å². The van der Waals surface area contributed by atoms with Gasteiger partial charge < -0.3 is 0 Å². The maximum absolute atomic E-state index is 14.8. The number of carbonyl (C=O) groups is 3. The number of anilines is 1. The molecule has 0 atom stereocenters. The third-order valence-corrected chi connectivity index (χ3v) is 6.35. The van der Waals surface area contributed by atoms with E-state index in [1.807, 2.05) is 13.8 Å². The number of halogens is 2. The summed E-state index contributed by atoms with van der Waals surface area (Å²) in [5, 5.41) is 0.0370. The molecule has 0 aliphatic rings. The van der Waals surface area contributed by atoms with Crippen molar-refractivity contribution >= 4 is 46.0 Å². The Hall–Kier alpha value is -1.40. The van der Waals surface area contributed by atoms with Gasteiger partial charge in [0.05, 0.1) is 10.7 Å². The van der Waals surface area contributed by atoms with Crippen molar-refractivity contribution < 1.29 is 18.8 Å². The minimum atomic E-state index is -0.736. The van der Waals surface area contributed by atoms with Gasteiger partial charge in [0, 0.05) is 24.2 Å². The standard InChI is InChI=1S/C24H35ClFNO3S/c1-4-7-10-13-22(28)27(23(29)14-11-8-5-2)20-17-21(18(25)16-19(20)26)31-24(30)15-12-9-6-3/h16-17H,4-15H2,1-3H3. The lowest BCUT2D eigenvalue weighted by atomic mass is 10.1. The van der Waals surface area contributed by atoms with Crippen molar-refractivity contribution in [2.45, 2.75) is 103 Å². The van der Waals surface area contributed by atoms with Crippen LogP contribution in [0.1, 0.15) is 97.8 Å². The topological polar surface area (TPSA) is 54.5 Å². The Labute approximate surface area is 195 Å². The molecular weight excluding hydrogens is 437 g/mol. The number of amides is 2. The first-order chi connectivity index (χ1) is 14.8. The second kappa shape index (κ2) is 15.4. The first-order valence-electron chi connectivity index (χ1n) is 11.4. The largest absolute Gasteiger partial charge is 0.287 e. The highest BCUT2D eigenvalue weighted by molar-refractivity contribution is 8.13. The second-order valence-corrected chi connectivity index (χ2v) is 9.21. The van der Waals surface area contributed by atoms with Crippen LogP contribution >= 0.6 is 23.4 Å². The quantitative estimate of drug-likeness (QED) is 0.206. The summed E-state index contributed by atoms with van der Waals surface area (Å²) in [6.45, 7) is 6.11. The van der Waals surface area contributed by atoms with Gasteiger partial charge in [-0.15, -0.1) is 0 Å². The van der Waals surface area contributed by atoms with E-state index in [2.05, 4.69) is 6.92 Å². The second-order valence-electron chi connectivity index (χ2n) is 7.70. The van der Waals surface area contributed by atoms with Crippen LogP contribution in [0.25, 0.3) is 0 Å². The van der Waals surface area contributed by atoms with Crippen LogP contribution in [0.5, 0.6) is 0 Å². The third kappa shape index (κ3) is 9.73. The van der Waals surface area contributed by atoms with Crippen LogP contribution in [0, 0.1) is 5.82 Å². The molecule has 0 bridgehead atoms. The summed E-state index contributed by atoms with van der Waals surface area (Å²) < 4.78 is 14.8. The average Bonchev–Trinajstić information content (AvgIpc) is 2.72. The molecule has 0 spiro atoms. The smallest absolute Gasteiger partial charge is 0.233 e. The van der Waals surface area contributed by atoms with Gasteiger partial charge in [0.1, 0.15) is 5.82 Å². The van der Waals surface area contributed by atoms with Gasteiger partial charge >= 0.3 is 0 Å². The summed E-state index contributed by atoms with van der Waals surface area (Å²) in [4.78, 5) is 39.4. The van der Waals surface area contributed by atoms with E-state index in [1.54, 1.807) is 0 Å². The average molecular weight is 472 g/mol. The number of imide groups is 1. The molecular formula is C24H35ClFNO3S. The van der Waals surface area contributed by atoms with Crippen molar-refractivity contribution in [1.82, 2.24) is 0 Å². The van der Waals surface area contributed by atoms with Gasteiger partial charge in [-0.3, -0.25) is 14.4 Å². The Balaban J connectivity index is 3.15. The summed E-state index contributed by atoms with van der Waals surface area (Å²) in [7, 11) is 0. The molecule has 31 heavy (non-hydrogen) atoms. The molecule has 0 aromatic heterocycles. The molecule has 174 valence electrons. The highest BCUT2D eigenvalue weighted by Gasteiger charge is 2.27. The van der Waals surface area contributed by atoms with Gasteiger partial charge in [-0.1, -0.05) is 82.7 Å². The fourth-order valence-corrected chi connectivity index (χ4v) is 4.23. The van der Waals surface area contributed by atoms with Crippen LogP contribution in [0.15, 0.2) is 17.0 Å². The van der Waals surface area contributed by atoms with E-state index in [9.17, 15) is 18.8 Å². The maximum atomic E-state index is 14.8. The van der Waals surface area contributed by atoms with Crippen molar-refractivity contribution in [3.8, 4) is 0 Å². The van der Waals surface area contributed by atoms with Crippen molar-refractivity contribution in [1.29, 1.82) is 0 Å². The van der Waals surface area contributed by atoms with Crippen molar-refractivity contribution in [2.75, 3.05) is 4.90 Å². The normalized spacial score (nSPS) is 10.9. The van der Waals surface area contributed by atoms with Crippen LogP contribution < -0.4 is 4.90 Å². The van der Waals surface area contributed by atoms with E-state index in [0.717, 1.165) is 67.7 Å². The van der Waals surface area contributed by atoms with Crippen LogP contribution in [0.3, 0.4) is 0 Å². The molecule has 0 saturated carbocycles. The number of thioether (sulfide) groups is 1. The Morgan fingerprint density at radius 3 is 1.81 bits per heavy atom. The van der Waals surface area contributed by atoms with Crippen LogP contribution in [-0.4, -0.2) is 16.9 Å². The van der Waals surface area contributed by atoms with E-state index in [0.29, 0.717) is 24.2 Å². The zero-order valence-corrected chi connectivity index (χ0v) is 20.5. The lowest BCUT2D eigenvalue weighted by Crippen LogP contribution is -2.37. The number of hydrogen-bond donors (Lipinski definition) is 0. The molecule has 4 nitrogen and oxygen atoms in total. The molecule has 0 unspecified atom stereocenters. The Bertz CT molecular complexity index is 720. The van der Waals surface area contributed by atoms with Gasteiger partial charge in [0.15, 0.2) is 5.12 Å². The predicted octanol–water partition coefficient (Wildman–Crippen LogP) is 7.70. The SMILES string of the molecule is CCCCCC(=O)Sc1cc(N(C(=O)CCCCC)C(=O)CCCCC)c(F)cc1Cl. The Morgan fingerprint density at radius 2 is 1.32 bits per heavy atom. The zero-order chi connectivity index (χ0) is 23.2. The van der Waals surface area contributed by atoms with Crippen molar-refractivity contribution in [3.63, 3.8) is 0 Å². The molecule has 1 aromatic carbocycles. The van der Waals surface area contributed by atoms with Gasteiger partial charge in [-0.2, -0.15) is 0 Å². The molecule has 0 fully saturated rings. The summed E-state index contributed by atoms with van der Waals surface area (Å²) in [5.41, 5.74) is -0.115. The Kier molecular flexibility index (Phi) is 13.7. The fraction of sp³-hybridized carbons (Fsp3) is 0.625. The molecule has 0 N–H and O–H groups in total. The first kappa shape index (κ1) is 27.6. The van der Waals surface area contributed by atoms with Crippen LogP contribution in [-0.2, 0) is 14.4 Å². The summed E-state index contributed by atoms with van der Waals surface area (Å²) in [5.74, 6) is -1.57. The highest BCUT2D eigenvalue weighted by atomic mass is 35.5. The monoisotopic (exact) mass is 471 g/mol. The van der Waals surface area contributed by atoms with Crippen molar-refractivity contribution in [3.05, 3.63) is 23.0 Å². The molecule has 7 heteroatoms. The van der Waals surface area contributed by atoms with E-state index in [4.69, 9.17) is 11.6 Å². The minimum Gasteiger partial charge on any atom is -0.287 e. The summed E-state index contributed by atoms with van der Waals surface area (Å²) in [6, 6.07) is 2.46. The number of unbranched alkanes of at least 4 members (excludes halogenated alkanes) is 6. The van der Waals surface area contributed by atoms with Gasteiger partial charge in [0.2, 0.25) is 11.8 Å². The number of rotatable bonds is 14. The lowest BCUT2D eigenvalue weighted by molar-refractivity contribution is -0.126. The van der Waals surface area contributed by atoms with Crippen LogP contribution in [0.2, 0.25) is 5.02 Å². The van der Waals surface area contributed by atoms with Gasteiger partial charge in [0.25, 0.3) is 0 Å². The first-order valence-corrected chi connectivity index (χ1v) is 12.6. The Morgan fingerprint density at radius 1 is 0.839 bits per heavy atom. The number of nitrogens with zero attached hydrogens (tertiary/aromatic N) is 1. The number of hydrogen-bond acceptors (Lipinski definition) is 4. The fourth-order valence-electron chi connectivity index (χ4n) is 3.14. The molecule has 2 amide bonds. The van der Waals surface area contributed by atoms with E-state index in [1.165, 1.54) is 6.07 Å². The summed E-state index contributed by atoms with van der Waals surface area (Å²) in [6.07, 6.45) is 8.38. The third-order valence-electron chi connectivity index (χ3n) is 4.94. The molecule has 0 aliphatic heterocycles. The molecule has 0 aliphatic carbocycles. The molecule has 1 rings (SSSR count). The zero-order valence-electron chi connectivity index (χ0n) is 19.0. The molecule has 0 saturated heterocycles. The molecule has 1 aromatic rings. The van der Waals surface area contributed by atoms with Gasteiger partial charge in [-0.05, 0) is 31.4 Å². The number of carbonyl (C=O) groups excluding carboxylic acids is 3. The highest BCUT2D eigenvalue weighted by Crippen LogP contribution is 2.35. The summed E-state index contributed by atoms with van der Waals surface area (Å²) >= 11 is 7.11. The maximum Gasteiger partial charge on any atom is 0.233 e. The molecule has 0 radical (unpaired) electrons. The minimum absolute atomic E-state index is 0.0667. The number of benzene rings is 1.